The van der Waals surface area contributed by atoms with Crippen LogP contribution in [0.2, 0.25) is 0 Å². The Morgan fingerprint density at radius 2 is 2.00 bits per heavy atom. The molecule has 0 atom stereocenters. The highest BCUT2D eigenvalue weighted by Crippen LogP contribution is 2.11. The van der Waals surface area contributed by atoms with Crippen LogP contribution in [0.15, 0.2) is 36.7 Å². The van der Waals surface area contributed by atoms with Gasteiger partial charge in [-0.15, -0.1) is 5.10 Å². The number of hydrogen-bond acceptors (Lipinski definition) is 5. The molecule has 2 N–H and O–H groups in total. The number of amides is 2. The SMILES string of the molecule is CC(=O)c1cccc(NC(=O)Nc2nccnn2)c1. The lowest BCUT2D eigenvalue weighted by atomic mass is 10.1. The van der Waals surface area contributed by atoms with Crippen LogP contribution in [0.25, 0.3) is 0 Å². The van der Waals surface area contributed by atoms with Crippen molar-refractivity contribution in [2.75, 3.05) is 10.6 Å². The highest BCUT2D eigenvalue weighted by molar-refractivity contribution is 6.00. The number of Topliss-reactive ketones (excluding diaryl/α,β-unsaturated/α-hetero) is 1. The van der Waals surface area contributed by atoms with Gasteiger partial charge in [-0.05, 0) is 19.1 Å². The van der Waals surface area contributed by atoms with Gasteiger partial charge in [0.2, 0.25) is 0 Å². The summed E-state index contributed by atoms with van der Waals surface area (Å²) in [4.78, 5) is 26.7. The van der Waals surface area contributed by atoms with E-state index in [1.165, 1.54) is 19.3 Å². The highest BCUT2D eigenvalue weighted by Gasteiger charge is 2.06. The first-order valence-corrected chi connectivity index (χ1v) is 5.48. The molecular formula is C12H11N5O2. The number of aromatic nitrogens is 3. The van der Waals surface area contributed by atoms with Gasteiger partial charge < -0.3 is 5.32 Å². The lowest BCUT2D eigenvalue weighted by Crippen LogP contribution is -2.21. The van der Waals surface area contributed by atoms with Gasteiger partial charge in [0.15, 0.2) is 5.78 Å². The van der Waals surface area contributed by atoms with Crippen LogP contribution >= 0.6 is 0 Å². The Morgan fingerprint density at radius 1 is 1.16 bits per heavy atom. The lowest BCUT2D eigenvalue weighted by molar-refractivity contribution is 0.101. The van der Waals surface area contributed by atoms with Crippen LogP contribution in [0.4, 0.5) is 16.4 Å². The molecule has 0 unspecified atom stereocenters. The summed E-state index contributed by atoms with van der Waals surface area (Å²) in [6.07, 6.45) is 2.82. The van der Waals surface area contributed by atoms with E-state index in [2.05, 4.69) is 25.8 Å². The molecule has 0 fully saturated rings. The summed E-state index contributed by atoms with van der Waals surface area (Å²) < 4.78 is 0. The molecular weight excluding hydrogens is 246 g/mol. The molecule has 0 bridgehead atoms. The molecule has 0 aliphatic rings. The van der Waals surface area contributed by atoms with Crippen molar-refractivity contribution in [1.82, 2.24) is 15.2 Å². The molecule has 0 radical (unpaired) electrons. The van der Waals surface area contributed by atoms with Crippen molar-refractivity contribution < 1.29 is 9.59 Å². The zero-order chi connectivity index (χ0) is 13.7. The van der Waals surface area contributed by atoms with Crippen molar-refractivity contribution >= 4 is 23.5 Å². The van der Waals surface area contributed by atoms with Gasteiger partial charge in [-0.2, -0.15) is 5.10 Å². The van der Waals surface area contributed by atoms with Crippen LogP contribution in [0.1, 0.15) is 17.3 Å². The number of benzene rings is 1. The summed E-state index contributed by atoms with van der Waals surface area (Å²) in [5.74, 6) is 0.0300. The number of hydrogen-bond donors (Lipinski definition) is 2. The van der Waals surface area contributed by atoms with Crippen LogP contribution in [0, 0.1) is 0 Å². The maximum atomic E-state index is 11.6. The summed E-state index contributed by atoms with van der Waals surface area (Å²) in [5, 5.41) is 12.2. The van der Waals surface area contributed by atoms with Crippen molar-refractivity contribution in [3.8, 4) is 0 Å². The van der Waals surface area contributed by atoms with Crippen molar-refractivity contribution in [1.29, 1.82) is 0 Å². The van der Waals surface area contributed by atoms with Crippen LogP contribution in [0.5, 0.6) is 0 Å². The predicted octanol–water partition coefficient (Wildman–Crippen LogP) is 1.72. The smallest absolute Gasteiger partial charge is 0.308 e. The average Bonchev–Trinajstić information content (AvgIpc) is 2.40. The van der Waals surface area contributed by atoms with E-state index in [0.29, 0.717) is 11.3 Å². The van der Waals surface area contributed by atoms with Gasteiger partial charge in [0.1, 0.15) is 0 Å². The zero-order valence-electron chi connectivity index (χ0n) is 10.1. The fourth-order valence-electron chi connectivity index (χ4n) is 1.38. The van der Waals surface area contributed by atoms with Crippen LogP contribution in [-0.4, -0.2) is 27.0 Å². The summed E-state index contributed by atoms with van der Waals surface area (Å²) in [5.41, 5.74) is 1.03. The van der Waals surface area contributed by atoms with E-state index in [-0.39, 0.29) is 11.7 Å². The van der Waals surface area contributed by atoms with E-state index >= 15 is 0 Å². The maximum Gasteiger partial charge on any atom is 0.326 e. The van der Waals surface area contributed by atoms with Gasteiger partial charge in [-0.1, -0.05) is 12.1 Å². The monoisotopic (exact) mass is 257 g/mol. The van der Waals surface area contributed by atoms with Gasteiger partial charge in [-0.3, -0.25) is 10.1 Å². The molecule has 1 aromatic carbocycles. The molecule has 96 valence electrons. The second-order valence-electron chi connectivity index (χ2n) is 3.68. The van der Waals surface area contributed by atoms with E-state index in [4.69, 9.17) is 0 Å². The fraction of sp³-hybridized carbons (Fsp3) is 0.0833. The minimum Gasteiger partial charge on any atom is -0.308 e. The molecule has 7 heteroatoms. The molecule has 19 heavy (non-hydrogen) atoms. The number of nitrogens with zero attached hydrogens (tertiary/aromatic N) is 3. The number of nitrogens with one attached hydrogen (secondary N) is 2. The Balaban J connectivity index is 2.03. The van der Waals surface area contributed by atoms with Crippen LogP contribution in [-0.2, 0) is 0 Å². The minimum absolute atomic E-state index is 0.0698. The number of carbonyl (C=O) groups excluding carboxylic acids is 2. The number of ketones is 1. The van der Waals surface area contributed by atoms with Crippen LogP contribution < -0.4 is 10.6 Å². The van der Waals surface area contributed by atoms with Crippen LogP contribution in [0.3, 0.4) is 0 Å². The third-order valence-electron chi connectivity index (χ3n) is 2.23. The third-order valence-corrected chi connectivity index (χ3v) is 2.23. The number of rotatable bonds is 3. The second kappa shape index (κ2) is 5.67. The van der Waals surface area contributed by atoms with Gasteiger partial charge >= 0.3 is 6.03 Å². The summed E-state index contributed by atoms with van der Waals surface area (Å²) >= 11 is 0. The first kappa shape index (κ1) is 12.6. The fourth-order valence-corrected chi connectivity index (χ4v) is 1.38. The normalized spacial score (nSPS) is 9.74. The molecule has 0 aliphatic carbocycles. The molecule has 2 amide bonds. The Morgan fingerprint density at radius 3 is 2.68 bits per heavy atom. The van der Waals surface area contributed by atoms with E-state index in [9.17, 15) is 9.59 Å². The first-order valence-electron chi connectivity index (χ1n) is 5.48. The molecule has 0 saturated heterocycles. The molecule has 7 nitrogen and oxygen atoms in total. The molecule has 0 aliphatic heterocycles. The number of carbonyl (C=O) groups is 2. The van der Waals surface area contributed by atoms with Gasteiger partial charge in [0.05, 0.1) is 12.4 Å². The molecule has 0 saturated carbocycles. The third kappa shape index (κ3) is 3.56. The quantitative estimate of drug-likeness (QED) is 0.816. The summed E-state index contributed by atoms with van der Waals surface area (Å²) in [7, 11) is 0. The van der Waals surface area contributed by atoms with Gasteiger partial charge in [0.25, 0.3) is 5.95 Å². The number of anilines is 2. The predicted molar refractivity (Wildman–Crippen MR) is 68.9 cm³/mol. The molecule has 1 aromatic heterocycles. The molecule has 0 spiro atoms. The Kier molecular flexibility index (Phi) is 3.77. The molecule has 2 rings (SSSR count). The van der Waals surface area contributed by atoms with Crippen molar-refractivity contribution in [3.63, 3.8) is 0 Å². The largest absolute Gasteiger partial charge is 0.326 e. The molecule has 1 heterocycles. The lowest BCUT2D eigenvalue weighted by Gasteiger charge is -2.06. The standard InChI is InChI=1S/C12H11N5O2/c1-8(18)9-3-2-4-10(7-9)15-12(19)16-11-13-5-6-14-17-11/h2-7H,1H3,(H2,13,15,16,17,19). The van der Waals surface area contributed by atoms with E-state index in [1.54, 1.807) is 24.3 Å². The minimum atomic E-state index is -0.506. The van der Waals surface area contributed by atoms with E-state index in [1.807, 2.05) is 0 Å². The topological polar surface area (TPSA) is 96.9 Å². The Hall–Kier alpha value is -2.83. The zero-order valence-corrected chi connectivity index (χ0v) is 10.1. The summed E-state index contributed by atoms with van der Waals surface area (Å²) in [6, 6.07) is 6.12. The van der Waals surface area contributed by atoms with Crippen molar-refractivity contribution in [3.05, 3.63) is 42.2 Å². The van der Waals surface area contributed by atoms with Gasteiger partial charge in [0, 0.05) is 11.3 Å². The van der Waals surface area contributed by atoms with E-state index in [0.717, 1.165) is 0 Å². The highest BCUT2D eigenvalue weighted by atomic mass is 16.2. The van der Waals surface area contributed by atoms with Gasteiger partial charge in [-0.25, -0.2) is 9.78 Å². The number of urea groups is 1. The average molecular weight is 257 g/mol. The first-order chi connectivity index (χ1) is 9.15. The van der Waals surface area contributed by atoms with E-state index < -0.39 is 6.03 Å². The van der Waals surface area contributed by atoms with Crippen molar-refractivity contribution in [2.45, 2.75) is 6.92 Å². The maximum absolute atomic E-state index is 11.6. The second-order valence-corrected chi connectivity index (χ2v) is 3.68. The van der Waals surface area contributed by atoms with Crippen molar-refractivity contribution in [2.24, 2.45) is 0 Å². The molecule has 2 aromatic rings. The Labute approximate surface area is 109 Å². The summed E-state index contributed by atoms with van der Waals surface area (Å²) in [6.45, 7) is 1.46. The Bertz CT molecular complexity index is 600.